The molecule has 0 unspecified atom stereocenters. The first kappa shape index (κ1) is 20.8. The SMILES string of the molecule is CCN(CC)C(=O)N1CCN([C@@H](C)C(=O)Nc2ccc(Cl)cc2Cl)CC1. The number of halogens is 2. The summed E-state index contributed by atoms with van der Waals surface area (Å²) < 4.78 is 0. The van der Waals surface area contributed by atoms with Crippen molar-refractivity contribution in [3.8, 4) is 0 Å². The van der Waals surface area contributed by atoms with Crippen molar-refractivity contribution in [1.82, 2.24) is 14.7 Å². The zero-order valence-corrected chi connectivity index (χ0v) is 17.0. The van der Waals surface area contributed by atoms with Crippen molar-refractivity contribution in [2.75, 3.05) is 44.6 Å². The lowest BCUT2D eigenvalue weighted by Crippen LogP contribution is -2.56. The van der Waals surface area contributed by atoms with Crippen LogP contribution in [0.4, 0.5) is 10.5 Å². The van der Waals surface area contributed by atoms with Crippen LogP contribution >= 0.6 is 23.2 Å². The predicted octanol–water partition coefficient (Wildman–Crippen LogP) is 3.40. The molecule has 1 heterocycles. The number of hydrogen-bond donors (Lipinski definition) is 1. The molecule has 144 valence electrons. The molecule has 1 atom stereocenters. The molecule has 6 nitrogen and oxygen atoms in total. The number of amides is 3. The number of carbonyl (C=O) groups is 2. The van der Waals surface area contributed by atoms with Gasteiger partial charge in [0.05, 0.1) is 16.8 Å². The van der Waals surface area contributed by atoms with Crippen LogP contribution in [-0.4, -0.2) is 71.9 Å². The van der Waals surface area contributed by atoms with Gasteiger partial charge in [0, 0.05) is 44.3 Å². The molecule has 1 aromatic carbocycles. The monoisotopic (exact) mass is 400 g/mol. The highest BCUT2D eigenvalue weighted by atomic mass is 35.5. The van der Waals surface area contributed by atoms with Crippen LogP contribution in [0.2, 0.25) is 10.0 Å². The second-order valence-corrected chi connectivity index (χ2v) is 7.11. The summed E-state index contributed by atoms with van der Waals surface area (Å²) in [7, 11) is 0. The molecule has 1 fully saturated rings. The molecule has 26 heavy (non-hydrogen) atoms. The highest BCUT2D eigenvalue weighted by Gasteiger charge is 2.29. The number of carbonyl (C=O) groups excluding carboxylic acids is 2. The van der Waals surface area contributed by atoms with Gasteiger partial charge in [-0.1, -0.05) is 23.2 Å². The summed E-state index contributed by atoms with van der Waals surface area (Å²) in [5, 5.41) is 3.78. The fourth-order valence-electron chi connectivity index (χ4n) is 2.99. The molecule has 1 aliphatic heterocycles. The Kier molecular flexibility index (Phi) is 7.55. The van der Waals surface area contributed by atoms with Crippen molar-refractivity contribution in [3.63, 3.8) is 0 Å². The summed E-state index contributed by atoms with van der Waals surface area (Å²) in [5.41, 5.74) is 0.545. The van der Waals surface area contributed by atoms with E-state index in [1.165, 1.54) is 0 Å². The molecule has 3 amide bonds. The van der Waals surface area contributed by atoms with E-state index in [0.29, 0.717) is 55.0 Å². The Labute approximate surface area is 165 Å². The number of nitrogens with zero attached hydrogens (tertiary/aromatic N) is 3. The molecule has 0 radical (unpaired) electrons. The van der Waals surface area contributed by atoms with E-state index >= 15 is 0 Å². The van der Waals surface area contributed by atoms with E-state index in [1.54, 1.807) is 18.2 Å². The van der Waals surface area contributed by atoms with Gasteiger partial charge in [-0.2, -0.15) is 0 Å². The van der Waals surface area contributed by atoms with Gasteiger partial charge in [-0.25, -0.2) is 4.79 Å². The average Bonchev–Trinajstić information content (AvgIpc) is 2.64. The Hall–Kier alpha value is -1.50. The van der Waals surface area contributed by atoms with E-state index in [2.05, 4.69) is 10.2 Å². The maximum atomic E-state index is 12.5. The molecule has 0 spiro atoms. The maximum Gasteiger partial charge on any atom is 0.320 e. The van der Waals surface area contributed by atoms with E-state index in [9.17, 15) is 9.59 Å². The van der Waals surface area contributed by atoms with Crippen LogP contribution in [0.5, 0.6) is 0 Å². The summed E-state index contributed by atoms with van der Waals surface area (Å²) in [4.78, 5) is 30.7. The van der Waals surface area contributed by atoms with Gasteiger partial charge in [0.1, 0.15) is 0 Å². The topological polar surface area (TPSA) is 55.9 Å². The molecule has 1 aliphatic rings. The number of rotatable bonds is 5. The Bertz CT molecular complexity index is 644. The fraction of sp³-hybridized carbons (Fsp3) is 0.556. The van der Waals surface area contributed by atoms with Gasteiger partial charge in [0.15, 0.2) is 0 Å². The summed E-state index contributed by atoms with van der Waals surface area (Å²) in [6.07, 6.45) is 0. The van der Waals surface area contributed by atoms with E-state index in [1.807, 2.05) is 30.6 Å². The van der Waals surface area contributed by atoms with E-state index in [4.69, 9.17) is 23.2 Å². The van der Waals surface area contributed by atoms with Gasteiger partial charge in [0.2, 0.25) is 5.91 Å². The fourth-order valence-corrected chi connectivity index (χ4v) is 3.44. The number of hydrogen-bond acceptors (Lipinski definition) is 3. The molecule has 1 aromatic rings. The highest BCUT2D eigenvalue weighted by Crippen LogP contribution is 2.25. The third-order valence-corrected chi connectivity index (χ3v) is 5.28. The number of benzene rings is 1. The Morgan fingerprint density at radius 2 is 1.77 bits per heavy atom. The Balaban J connectivity index is 1.90. The zero-order valence-electron chi connectivity index (χ0n) is 15.5. The minimum absolute atomic E-state index is 0.0692. The molecule has 0 saturated carbocycles. The minimum Gasteiger partial charge on any atom is -0.325 e. The first-order valence-electron chi connectivity index (χ1n) is 8.91. The standard InChI is InChI=1S/C18H26Cl2N4O2/c1-4-22(5-2)18(26)24-10-8-23(9-11-24)13(3)17(25)21-16-7-6-14(19)12-15(16)20/h6-7,12-13H,4-5,8-11H2,1-3H3,(H,21,25)/t13-/m0/s1. The van der Waals surface area contributed by atoms with E-state index in [0.717, 1.165) is 0 Å². The molecule has 1 saturated heterocycles. The average molecular weight is 401 g/mol. The lowest BCUT2D eigenvalue weighted by Gasteiger charge is -2.39. The number of anilines is 1. The molecular formula is C18H26Cl2N4O2. The van der Waals surface area contributed by atoms with Gasteiger partial charge in [-0.3, -0.25) is 9.69 Å². The van der Waals surface area contributed by atoms with E-state index < -0.39 is 0 Å². The minimum atomic E-state index is -0.313. The Morgan fingerprint density at radius 3 is 2.31 bits per heavy atom. The molecular weight excluding hydrogens is 375 g/mol. The van der Waals surface area contributed by atoms with Crippen LogP contribution in [0, 0.1) is 0 Å². The zero-order chi connectivity index (χ0) is 19.3. The first-order valence-corrected chi connectivity index (χ1v) is 9.66. The van der Waals surface area contributed by atoms with Crippen LogP contribution in [0.25, 0.3) is 0 Å². The third kappa shape index (κ3) is 5.02. The molecule has 2 rings (SSSR count). The summed E-state index contributed by atoms with van der Waals surface area (Å²) >= 11 is 12.0. The van der Waals surface area contributed by atoms with Crippen LogP contribution in [-0.2, 0) is 4.79 Å². The molecule has 0 aliphatic carbocycles. The largest absolute Gasteiger partial charge is 0.325 e. The van der Waals surface area contributed by atoms with Crippen LogP contribution in [0.3, 0.4) is 0 Å². The quantitative estimate of drug-likeness (QED) is 0.823. The number of urea groups is 1. The lowest BCUT2D eigenvalue weighted by molar-refractivity contribution is -0.121. The van der Waals surface area contributed by atoms with Crippen molar-refractivity contribution in [3.05, 3.63) is 28.2 Å². The molecule has 1 N–H and O–H groups in total. The van der Waals surface area contributed by atoms with Crippen LogP contribution in [0.15, 0.2) is 18.2 Å². The smallest absolute Gasteiger partial charge is 0.320 e. The van der Waals surface area contributed by atoms with Gasteiger partial charge < -0.3 is 15.1 Å². The summed E-state index contributed by atoms with van der Waals surface area (Å²) in [5.74, 6) is -0.127. The van der Waals surface area contributed by atoms with Gasteiger partial charge >= 0.3 is 6.03 Å². The number of piperazine rings is 1. The van der Waals surface area contributed by atoms with Crippen molar-refractivity contribution < 1.29 is 9.59 Å². The second-order valence-electron chi connectivity index (χ2n) is 6.27. The first-order chi connectivity index (χ1) is 12.4. The normalized spacial score (nSPS) is 16.3. The predicted molar refractivity (Wildman–Crippen MR) is 106 cm³/mol. The van der Waals surface area contributed by atoms with Gasteiger partial charge in [0.25, 0.3) is 0 Å². The van der Waals surface area contributed by atoms with Crippen molar-refractivity contribution in [2.24, 2.45) is 0 Å². The van der Waals surface area contributed by atoms with Gasteiger partial charge in [-0.15, -0.1) is 0 Å². The lowest BCUT2D eigenvalue weighted by atomic mass is 10.2. The molecule has 0 aromatic heterocycles. The highest BCUT2D eigenvalue weighted by molar-refractivity contribution is 6.36. The van der Waals surface area contributed by atoms with Crippen molar-refractivity contribution >= 4 is 40.8 Å². The maximum absolute atomic E-state index is 12.5. The molecule has 0 bridgehead atoms. The second kappa shape index (κ2) is 9.44. The van der Waals surface area contributed by atoms with Crippen molar-refractivity contribution in [1.29, 1.82) is 0 Å². The van der Waals surface area contributed by atoms with E-state index in [-0.39, 0.29) is 18.0 Å². The number of nitrogens with one attached hydrogen (secondary N) is 1. The van der Waals surface area contributed by atoms with Crippen LogP contribution in [0.1, 0.15) is 20.8 Å². The Morgan fingerprint density at radius 1 is 1.15 bits per heavy atom. The summed E-state index contributed by atoms with van der Waals surface area (Å²) in [6, 6.07) is 4.73. The van der Waals surface area contributed by atoms with Crippen molar-refractivity contribution in [2.45, 2.75) is 26.8 Å². The van der Waals surface area contributed by atoms with Gasteiger partial charge in [-0.05, 0) is 39.0 Å². The van der Waals surface area contributed by atoms with Crippen LogP contribution < -0.4 is 5.32 Å². The third-order valence-electron chi connectivity index (χ3n) is 4.73. The molecule has 8 heteroatoms. The summed E-state index contributed by atoms with van der Waals surface area (Å²) in [6.45, 7) is 9.79.